The smallest absolute Gasteiger partial charge is 0.307 e. The molecule has 0 aromatic heterocycles. The van der Waals surface area contributed by atoms with Gasteiger partial charge < -0.3 is 19.7 Å². The van der Waals surface area contributed by atoms with Gasteiger partial charge in [-0.3, -0.25) is 9.69 Å². The van der Waals surface area contributed by atoms with E-state index in [1.807, 2.05) is 43.3 Å². The van der Waals surface area contributed by atoms with E-state index in [9.17, 15) is 15.0 Å². The third kappa shape index (κ3) is 6.51. The number of benzene rings is 2. The van der Waals surface area contributed by atoms with Gasteiger partial charge >= 0.3 is 5.97 Å². The zero-order chi connectivity index (χ0) is 24.1. The van der Waals surface area contributed by atoms with Crippen LogP contribution in [0.15, 0.2) is 42.5 Å². The molecule has 0 aliphatic carbocycles. The van der Waals surface area contributed by atoms with Crippen LogP contribution < -0.4 is 4.74 Å². The van der Waals surface area contributed by atoms with Crippen molar-refractivity contribution in [2.75, 3.05) is 26.2 Å². The lowest BCUT2D eigenvalue weighted by Gasteiger charge is -2.38. The van der Waals surface area contributed by atoms with Gasteiger partial charge in [0.15, 0.2) is 0 Å². The first kappa shape index (κ1) is 25.0. The zero-order valence-electron chi connectivity index (χ0n) is 19.7. The van der Waals surface area contributed by atoms with Gasteiger partial charge in [-0.2, -0.15) is 0 Å². The lowest BCUT2D eigenvalue weighted by atomic mass is 9.93. The molecule has 0 radical (unpaired) electrons. The summed E-state index contributed by atoms with van der Waals surface area (Å²) < 4.78 is 11.9. The van der Waals surface area contributed by atoms with E-state index in [-0.39, 0.29) is 18.1 Å². The summed E-state index contributed by atoms with van der Waals surface area (Å²) in [4.78, 5) is 13.6. The van der Waals surface area contributed by atoms with Gasteiger partial charge in [0.25, 0.3) is 0 Å². The molecule has 4 rings (SSSR count). The van der Waals surface area contributed by atoms with Crippen LogP contribution in [0.1, 0.15) is 55.4 Å². The fourth-order valence-electron chi connectivity index (χ4n) is 5.05. The molecule has 2 aliphatic heterocycles. The minimum absolute atomic E-state index is 0.133. The molecule has 0 saturated carbocycles. The van der Waals surface area contributed by atoms with Crippen molar-refractivity contribution in [3.8, 4) is 5.75 Å². The number of aliphatic carboxylic acids is 1. The fraction of sp³-hybridized carbons (Fsp3) is 0.519. The Hall–Kier alpha value is -2.12. The van der Waals surface area contributed by atoms with Crippen LogP contribution in [0.3, 0.4) is 0 Å². The maximum atomic E-state index is 11.4. The van der Waals surface area contributed by atoms with E-state index in [0.717, 1.165) is 41.8 Å². The van der Waals surface area contributed by atoms with E-state index in [2.05, 4.69) is 11.0 Å². The number of halogens is 1. The number of likely N-dealkylation sites (tertiary alicyclic amines) is 1. The van der Waals surface area contributed by atoms with Crippen LogP contribution >= 0.6 is 11.6 Å². The van der Waals surface area contributed by atoms with E-state index in [1.54, 1.807) is 0 Å². The molecule has 4 atom stereocenters. The number of aliphatic hydroxyl groups is 1. The summed E-state index contributed by atoms with van der Waals surface area (Å²) in [7, 11) is 0. The van der Waals surface area contributed by atoms with Crippen molar-refractivity contribution in [2.45, 2.75) is 57.3 Å². The Balaban J connectivity index is 1.43. The molecule has 4 unspecified atom stereocenters. The molecule has 2 aromatic rings. The topological polar surface area (TPSA) is 79.2 Å². The van der Waals surface area contributed by atoms with Gasteiger partial charge in [-0.05, 0) is 67.6 Å². The van der Waals surface area contributed by atoms with Crippen LogP contribution in [0.2, 0.25) is 5.02 Å². The molecular formula is C27H34ClNO5. The van der Waals surface area contributed by atoms with Crippen molar-refractivity contribution in [2.24, 2.45) is 5.92 Å². The number of ether oxygens (including phenoxy) is 2. The van der Waals surface area contributed by atoms with E-state index in [0.29, 0.717) is 44.0 Å². The van der Waals surface area contributed by atoms with Crippen molar-refractivity contribution < 1.29 is 24.5 Å². The number of hydrogen-bond donors (Lipinski definition) is 2. The first-order valence-corrected chi connectivity index (χ1v) is 12.6. The van der Waals surface area contributed by atoms with Crippen LogP contribution in [0.5, 0.6) is 5.75 Å². The van der Waals surface area contributed by atoms with E-state index in [1.165, 1.54) is 0 Å². The quantitative estimate of drug-likeness (QED) is 0.561. The molecule has 2 aliphatic rings. The molecule has 7 heteroatoms. The summed E-state index contributed by atoms with van der Waals surface area (Å²) in [5.74, 6) is -0.196. The van der Waals surface area contributed by atoms with Crippen molar-refractivity contribution in [1.82, 2.24) is 4.90 Å². The maximum Gasteiger partial charge on any atom is 0.307 e. The second kappa shape index (κ2) is 11.5. The van der Waals surface area contributed by atoms with E-state index >= 15 is 0 Å². The highest BCUT2D eigenvalue weighted by Gasteiger charge is 2.33. The fourth-order valence-corrected chi connectivity index (χ4v) is 5.24. The number of piperidine rings is 1. The molecule has 0 amide bonds. The van der Waals surface area contributed by atoms with Gasteiger partial charge in [0.1, 0.15) is 5.75 Å². The van der Waals surface area contributed by atoms with Crippen LogP contribution in [-0.2, 0) is 16.0 Å². The van der Waals surface area contributed by atoms with E-state index in [4.69, 9.17) is 21.1 Å². The first-order valence-electron chi connectivity index (χ1n) is 12.2. The van der Waals surface area contributed by atoms with Gasteiger partial charge in [0.05, 0.1) is 30.8 Å². The number of nitrogens with zero attached hydrogens (tertiary/aromatic N) is 1. The van der Waals surface area contributed by atoms with Crippen molar-refractivity contribution >= 4 is 17.6 Å². The third-order valence-electron chi connectivity index (χ3n) is 6.76. The van der Waals surface area contributed by atoms with Crippen molar-refractivity contribution in [3.63, 3.8) is 0 Å². The Kier molecular flexibility index (Phi) is 8.48. The predicted octanol–water partition coefficient (Wildman–Crippen LogP) is 4.71. The minimum Gasteiger partial charge on any atom is -0.494 e. The van der Waals surface area contributed by atoms with Gasteiger partial charge in [0, 0.05) is 31.0 Å². The van der Waals surface area contributed by atoms with Gasteiger partial charge in [0.2, 0.25) is 0 Å². The number of hydrogen-bond acceptors (Lipinski definition) is 5. The largest absolute Gasteiger partial charge is 0.494 e. The zero-order valence-corrected chi connectivity index (χ0v) is 20.4. The summed E-state index contributed by atoms with van der Waals surface area (Å²) in [5.41, 5.74) is 3.17. The van der Waals surface area contributed by atoms with Gasteiger partial charge in [-0.25, -0.2) is 0 Å². The Morgan fingerprint density at radius 1 is 1.21 bits per heavy atom. The van der Waals surface area contributed by atoms with Crippen LogP contribution in [-0.4, -0.2) is 59.5 Å². The molecular weight excluding hydrogens is 454 g/mol. The summed E-state index contributed by atoms with van der Waals surface area (Å²) >= 11 is 6.52. The Labute approximate surface area is 206 Å². The lowest BCUT2D eigenvalue weighted by Crippen LogP contribution is -2.45. The summed E-state index contributed by atoms with van der Waals surface area (Å²) in [6.07, 6.45) is 2.61. The van der Waals surface area contributed by atoms with E-state index < -0.39 is 12.1 Å². The van der Waals surface area contributed by atoms with Crippen LogP contribution in [0.4, 0.5) is 0 Å². The maximum absolute atomic E-state index is 11.4. The molecule has 2 heterocycles. The number of carbonyl (C=O) groups is 1. The van der Waals surface area contributed by atoms with Crippen molar-refractivity contribution in [1.29, 1.82) is 0 Å². The summed E-state index contributed by atoms with van der Waals surface area (Å²) in [6, 6.07) is 14.0. The molecule has 184 valence electrons. The Morgan fingerprint density at radius 3 is 2.74 bits per heavy atom. The SMILES string of the molecule is CCOc1ccc(Cc2cc(C3CC(O)CC(CN4CCCC(C(=O)O)C4)O3)ccc2Cl)cc1. The molecule has 2 N–H and O–H groups in total. The Morgan fingerprint density at radius 2 is 2.00 bits per heavy atom. The standard InChI is InChI=1S/C27H34ClNO5/c1-2-33-23-8-5-18(6-9-23)12-21-13-19(7-10-25(21)28)26-15-22(30)14-24(34-26)17-29-11-3-4-20(16-29)27(31)32/h5-10,13,20,22,24,26,30H,2-4,11-12,14-17H2,1H3,(H,31,32). The van der Waals surface area contributed by atoms with Crippen molar-refractivity contribution in [3.05, 3.63) is 64.2 Å². The highest BCUT2D eigenvalue weighted by Crippen LogP contribution is 2.34. The monoisotopic (exact) mass is 487 g/mol. The second-order valence-electron chi connectivity index (χ2n) is 9.41. The second-order valence-corrected chi connectivity index (χ2v) is 9.82. The minimum atomic E-state index is -0.728. The Bertz CT molecular complexity index is 966. The summed E-state index contributed by atoms with van der Waals surface area (Å²) in [6.45, 7) is 4.66. The first-order chi connectivity index (χ1) is 16.4. The number of carboxylic acid groups (broad SMARTS) is 1. The van der Waals surface area contributed by atoms with Crippen LogP contribution in [0, 0.1) is 5.92 Å². The third-order valence-corrected chi connectivity index (χ3v) is 7.13. The highest BCUT2D eigenvalue weighted by molar-refractivity contribution is 6.31. The predicted molar refractivity (Wildman–Crippen MR) is 132 cm³/mol. The lowest BCUT2D eigenvalue weighted by molar-refractivity contribution is -0.145. The van der Waals surface area contributed by atoms with Gasteiger partial charge in [-0.1, -0.05) is 35.9 Å². The highest BCUT2D eigenvalue weighted by atomic mass is 35.5. The summed E-state index contributed by atoms with van der Waals surface area (Å²) in [5, 5.41) is 20.7. The number of carboxylic acids is 1. The molecule has 2 aromatic carbocycles. The molecule has 0 spiro atoms. The number of rotatable bonds is 8. The molecule has 2 fully saturated rings. The van der Waals surface area contributed by atoms with Gasteiger partial charge in [-0.15, -0.1) is 0 Å². The average Bonchev–Trinajstić information content (AvgIpc) is 2.81. The molecule has 34 heavy (non-hydrogen) atoms. The molecule has 6 nitrogen and oxygen atoms in total. The normalized spacial score (nSPS) is 25.7. The molecule has 0 bridgehead atoms. The van der Waals surface area contributed by atoms with Crippen LogP contribution in [0.25, 0.3) is 0 Å². The number of aliphatic hydroxyl groups excluding tert-OH is 1. The molecule has 2 saturated heterocycles. The average molecular weight is 488 g/mol.